The molecule has 0 aliphatic carbocycles. The molecular formula is C21H19F3N4O3. The first-order valence-corrected chi connectivity index (χ1v) is 9.24. The smallest absolute Gasteiger partial charge is 0.475 e. The number of carboxylic acids is 1. The van der Waals surface area contributed by atoms with Crippen LogP contribution in [-0.2, 0) is 17.9 Å². The van der Waals surface area contributed by atoms with Crippen LogP contribution >= 0.6 is 0 Å². The van der Waals surface area contributed by atoms with E-state index in [1.807, 2.05) is 53.2 Å². The van der Waals surface area contributed by atoms with E-state index < -0.39 is 12.1 Å². The predicted molar refractivity (Wildman–Crippen MR) is 107 cm³/mol. The molecule has 1 aliphatic rings. The maximum absolute atomic E-state index is 12.7. The lowest BCUT2D eigenvalue weighted by molar-refractivity contribution is -0.192. The quantitative estimate of drug-likeness (QED) is 0.661. The maximum Gasteiger partial charge on any atom is 0.490 e. The molecule has 4 rings (SSSR count). The molecule has 31 heavy (non-hydrogen) atoms. The van der Waals surface area contributed by atoms with Crippen molar-refractivity contribution in [2.24, 2.45) is 5.73 Å². The highest BCUT2D eigenvalue weighted by atomic mass is 19.4. The molecule has 10 heteroatoms. The highest BCUT2D eigenvalue weighted by Gasteiger charge is 2.38. The number of imidazole rings is 1. The van der Waals surface area contributed by atoms with Crippen LogP contribution in [0.15, 0.2) is 60.9 Å². The van der Waals surface area contributed by atoms with E-state index in [1.54, 1.807) is 11.1 Å². The standard InChI is InChI=1S/C19H18N4O.C2HF3O2/c20-13-16-3-1-2-4-17(16)14-5-7-15(8-6-14)18(24)23-12-11-22-10-9-21-19(22)23;3-2(4,5)1(6)7/h1-10H,11-13,20H2;(H,6,7). The predicted octanol–water partition coefficient (Wildman–Crippen LogP) is 3.30. The number of alkyl halides is 3. The number of carboxylic acid groups (broad SMARTS) is 1. The highest BCUT2D eigenvalue weighted by Crippen LogP contribution is 2.25. The Bertz CT molecular complexity index is 1080. The zero-order chi connectivity index (χ0) is 22.6. The van der Waals surface area contributed by atoms with Crippen molar-refractivity contribution in [2.75, 3.05) is 11.4 Å². The van der Waals surface area contributed by atoms with Gasteiger partial charge < -0.3 is 15.4 Å². The van der Waals surface area contributed by atoms with Gasteiger partial charge in [-0.3, -0.25) is 9.69 Å². The summed E-state index contributed by atoms with van der Waals surface area (Å²) in [6, 6.07) is 15.8. The zero-order valence-electron chi connectivity index (χ0n) is 16.2. The topological polar surface area (TPSA) is 101 Å². The Kier molecular flexibility index (Phi) is 6.40. The van der Waals surface area contributed by atoms with Crippen molar-refractivity contribution >= 4 is 17.8 Å². The summed E-state index contributed by atoms with van der Waals surface area (Å²) in [5.74, 6) is -2.05. The zero-order valence-corrected chi connectivity index (χ0v) is 16.2. The fourth-order valence-corrected chi connectivity index (χ4v) is 3.15. The second kappa shape index (κ2) is 9.00. The van der Waals surface area contributed by atoms with E-state index in [0.717, 1.165) is 29.2 Å². The summed E-state index contributed by atoms with van der Waals surface area (Å²) >= 11 is 0. The largest absolute Gasteiger partial charge is 0.490 e. The summed E-state index contributed by atoms with van der Waals surface area (Å²) in [6.07, 6.45) is -1.46. The molecule has 1 amide bonds. The number of rotatable bonds is 3. The van der Waals surface area contributed by atoms with Gasteiger partial charge in [0.1, 0.15) is 0 Å². The average Bonchev–Trinajstić information content (AvgIpc) is 3.37. The van der Waals surface area contributed by atoms with Gasteiger partial charge in [-0.05, 0) is 28.8 Å². The molecule has 1 aliphatic heterocycles. The van der Waals surface area contributed by atoms with Crippen molar-refractivity contribution in [2.45, 2.75) is 19.3 Å². The molecule has 2 heterocycles. The molecule has 0 saturated carbocycles. The molecule has 2 aromatic carbocycles. The van der Waals surface area contributed by atoms with Gasteiger partial charge in [-0.15, -0.1) is 0 Å². The number of carbonyl (C=O) groups excluding carboxylic acids is 1. The number of benzene rings is 2. The second-order valence-corrected chi connectivity index (χ2v) is 6.62. The van der Waals surface area contributed by atoms with Gasteiger partial charge in [0.25, 0.3) is 5.91 Å². The van der Waals surface area contributed by atoms with E-state index in [1.165, 1.54) is 0 Å². The van der Waals surface area contributed by atoms with Crippen molar-refractivity contribution in [1.82, 2.24) is 9.55 Å². The van der Waals surface area contributed by atoms with E-state index in [4.69, 9.17) is 15.6 Å². The molecule has 0 saturated heterocycles. The molecule has 162 valence electrons. The van der Waals surface area contributed by atoms with E-state index in [9.17, 15) is 18.0 Å². The first-order chi connectivity index (χ1) is 14.7. The van der Waals surface area contributed by atoms with Crippen LogP contribution in [0.2, 0.25) is 0 Å². The van der Waals surface area contributed by atoms with E-state index in [-0.39, 0.29) is 5.91 Å². The number of nitrogens with two attached hydrogens (primary N) is 1. The van der Waals surface area contributed by atoms with Crippen LogP contribution in [0, 0.1) is 0 Å². The van der Waals surface area contributed by atoms with Gasteiger partial charge in [0, 0.05) is 37.6 Å². The number of hydrogen-bond donors (Lipinski definition) is 2. The third-order valence-electron chi connectivity index (χ3n) is 4.67. The third kappa shape index (κ3) is 4.92. The van der Waals surface area contributed by atoms with E-state index >= 15 is 0 Å². The first-order valence-electron chi connectivity index (χ1n) is 9.24. The van der Waals surface area contributed by atoms with Crippen LogP contribution in [0.4, 0.5) is 19.1 Å². The molecule has 1 aromatic heterocycles. The molecule has 3 N–H and O–H groups in total. The van der Waals surface area contributed by atoms with Crippen LogP contribution in [0.25, 0.3) is 11.1 Å². The minimum absolute atomic E-state index is 0.0152. The van der Waals surface area contributed by atoms with Crippen molar-refractivity contribution in [3.8, 4) is 11.1 Å². The van der Waals surface area contributed by atoms with Gasteiger partial charge in [0.15, 0.2) is 0 Å². The van der Waals surface area contributed by atoms with E-state index in [0.29, 0.717) is 18.7 Å². The van der Waals surface area contributed by atoms with Gasteiger partial charge in [-0.1, -0.05) is 36.4 Å². The number of carbonyl (C=O) groups is 2. The Morgan fingerprint density at radius 3 is 2.32 bits per heavy atom. The molecule has 3 aromatic rings. The number of halogens is 3. The Hall–Kier alpha value is -3.66. The van der Waals surface area contributed by atoms with Gasteiger partial charge in [-0.2, -0.15) is 13.2 Å². The van der Waals surface area contributed by atoms with Gasteiger partial charge >= 0.3 is 12.1 Å². The Labute approximate surface area is 175 Å². The lowest BCUT2D eigenvalue weighted by atomic mass is 9.98. The van der Waals surface area contributed by atoms with Crippen molar-refractivity contribution in [3.63, 3.8) is 0 Å². The lowest BCUT2D eigenvalue weighted by Crippen LogP contribution is -2.29. The van der Waals surface area contributed by atoms with Crippen molar-refractivity contribution < 1.29 is 27.9 Å². The summed E-state index contributed by atoms with van der Waals surface area (Å²) in [6.45, 7) is 1.95. The molecule has 0 unspecified atom stereocenters. The number of fused-ring (bicyclic) bond motifs is 1. The van der Waals surface area contributed by atoms with Crippen LogP contribution in [0.1, 0.15) is 15.9 Å². The number of anilines is 1. The summed E-state index contributed by atoms with van der Waals surface area (Å²) in [5, 5.41) is 7.12. The van der Waals surface area contributed by atoms with E-state index in [2.05, 4.69) is 11.1 Å². The van der Waals surface area contributed by atoms with Crippen molar-refractivity contribution in [1.29, 1.82) is 0 Å². The lowest BCUT2D eigenvalue weighted by Gasteiger charge is -2.14. The molecular weight excluding hydrogens is 413 g/mol. The summed E-state index contributed by atoms with van der Waals surface area (Å²) < 4.78 is 33.7. The number of nitrogens with zero attached hydrogens (tertiary/aromatic N) is 3. The average molecular weight is 432 g/mol. The Morgan fingerprint density at radius 1 is 1.06 bits per heavy atom. The second-order valence-electron chi connectivity index (χ2n) is 6.62. The number of aromatic nitrogens is 2. The monoisotopic (exact) mass is 432 g/mol. The molecule has 0 bridgehead atoms. The first kappa shape index (κ1) is 22.0. The minimum Gasteiger partial charge on any atom is -0.475 e. The van der Waals surface area contributed by atoms with Gasteiger partial charge in [0.2, 0.25) is 5.95 Å². The number of hydrogen-bond acceptors (Lipinski definition) is 4. The van der Waals surface area contributed by atoms with Crippen LogP contribution in [-0.4, -0.2) is 39.3 Å². The molecule has 0 fully saturated rings. The van der Waals surface area contributed by atoms with Crippen LogP contribution < -0.4 is 10.6 Å². The summed E-state index contributed by atoms with van der Waals surface area (Å²) in [7, 11) is 0. The molecule has 7 nitrogen and oxygen atoms in total. The fraction of sp³-hybridized carbons (Fsp3) is 0.190. The Morgan fingerprint density at radius 2 is 1.71 bits per heavy atom. The summed E-state index contributed by atoms with van der Waals surface area (Å²) in [5.41, 5.74) is 9.75. The number of aliphatic carboxylic acids is 1. The molecule has 0 atom stereocenters. The normalized spacial score (nSPS) is 12.7. The van der Waals surface area contributed by atoms with Crippen molar-refractivity contribution in [3.05, 3.63) is 72.1 Å². The minimum atomic E-state index is -5.08. The van der Waals surface area contributed by atoms with Gasteiger partial charge in [-0.25, -0.2) is 9.78 Å². The molecule has 0 radical (unpaired) electrons. The summed E-state index contributed by atoms with van der Waals surface area (Å²) in [4.78, 5) is 27.6. The fourth-order valence-electron chi connectivity index (χ4n) is 3.15. The SMILES string of the molecule is NCc1ccccc1-c1ccc(C(=O)N2CCn3ccnc32)cc1.O=C(O)C(F)(F)F. The third-order valence-corrected chi connectivity index (χ3v) is 4.67. The molecule has 0 spiro atoms. The number of amides is 1. The maximum atomic E-state index is 12.7. The van der Waals surface area contributed by atoms with Crippen LogP contribution in [0.3, 0.4) is 0 Å². The van der Waals surface area contributed by atoms with Gasteiger partial charge in [0.05, 0.1) is 0 Å². The highest BCUT2D eigenvalue weighted by molar-refractivity contribution is 6.05. The Balaban J connectivity index is 0.000000339. The van der Waals surface area contributed by atoms with Crippen LogP contribution in [0.5, 0.6) is 0 Å².